The summed E-state index contributed by atoms with van der Waals surface area (Å²) in [5, 5.41) is 16.2. The van der Waals surface area contributed by atoms with Gasteiger partial charge in [0.25, 0.3) is 0 Å². The van der Waals surface area contributed by atoms with Gasteiger partial charge in [-0.2, -0.15) is 0 Å². The third-order valence-electron chi connectivity index (χ3n) is 3.21. The highest BCUT2D eigenvalue weighted by Crippen LogP contribution is 2.30. The molecular weight excluding hydrogens is 230 g/mol. The van der Waals surface area contributed by atoms with Gasteiger partial charge in [0.05, 0.1) is 5.69 Å². The standard InChI is InChI=1S/C14H19NOS/c1-10(2)11(8-16)7-15-13-9-17-14-6-4-3-5-12(13)14/h3-6,9-11,15-16H,7-8H2,1-2H3. The van der Waals surface area contributed by atoms with E-state index in [1.807, 2.05) is 0 Å². The largest absolute Gasteiger partial charge is 0.396 e. The van der Waals surface area contributed by atoms with Gasteiger partial charge in [-0.05, 0) is 12.0 Å². The van der Waals surface area contributed by atoms with E-state index in [4.69, 9.17) is 0 Å². The van der Waals surface area contributed by atoms with Gasteiger partial charge in [-0.25, -0.2) is 0 Å². The van der Waals surface area contributed by atoms with Crippen molar-refractivity contribution in [2.75, 3.05) is 18.5 Å². The average molecular weight is 249 g/mol. The highest BCUT2D eigenvalue weighted by molar-refractivity contribution is 7.17. The van der Waals surface area contributed by atoms with Crippen molar-refractivity contribution in [2.45, 2.75) is 13.8 Å². The highest BCUT2D eigenvalue weighted by atomic mass is 32.1. The maximum Gasteiger partial charge on any atom is 0.0529 e. The van der Waals surface area contributed by atoms with E-state index in [-0.39, 0.29) is 6.61 Å². The van der Waals surface area contributed by atoms with Crippen LogP contribution >= 0.6 is 11.3 Å². The van der Waals surface area contributed by atoms with Crippen molar-refractivity contribution < 1.29 is 5.11 Å². The number of thiophene rings is 1. The smallest absolute Gasteiger partial charge is 0.0529 e. The van der Waals surface area contributed by atoms with Crippen LogP contribution in [0.3, 0.4) is 0 Å². The van der Waals surface area contributed by atoms with Gasteiger partial charge >= 0.3 is 0 Å². The second-order valence-corrected chi connectivity index (χ2v) is 5.62. The molecule has 1 aromatic carbocycles. The van der Waals surface area contributed by atoms with E-state index < -0.39 is 0 Å². The molecule has 2 rings (SSSR count). The molecule has 0 saturated heterocycles. The number of rotatable bonds is 5. The maximum atomic E-state index is 9.30. The summed E-state index contributed by atoms with van der Waals surface area (Å²) in [4.78, 5) is 0. The molecule has 2 nitrogen and oxygen atoms in total. The summed E-state index contributed by atoms with van der Waals surface area (Å²) in [5.41, 5.74) is 1.18. The van der Waals surface area contributed by atoms with E-state index in [1.165, 1.54) is 15.8 Å². The summed E-state index contributed by atoms with van der Waals surface area (Å²) < 4.78 is 1.31. The summed E-state index contributed by atoms with van der Waals surface area (Å²) in [7, 11) is 0. The summed E-state index contributed by atoms with van der Waals surface area (Å²) >= 11 is 1.76. The lowest BCUT2D eigenvalue weighted by molar-refractivity contribution is 0.198. The fourth-order valence-electron chi connectivity index (χ4n) is 1.87. The van der Waals surface area contributed by atoms with E-state index in [0.29, 0.717) is 11.8 Å². The summed E-state index contributed by atoms with van der Waals surface area (Å²) in [5.74, 6) is 0.811. The third-order valence-corrected chi connectivity index (χ3v) is 4.18. The van der Waals surface area contributed by atoms with Crippen LogP contribution in [-0.2, 0) is 0 Å². The molecule has 0 saturated carbocycles. The van der Waals surface area contributed by atoms with Gasteiger partial charge in [-0.3, -0.25) is 0 Å². The first kappa shape index (κ1) is 12.4. The van der Waals surface area contributed by atoms with Crippen LogP contribution in [0.25, 0.3) is 10.1 Å². The Hall–Kier alpha value is -1.06. The zero-order valence-corrected chi connectivity index (χ0v) is 11.1. The zero-order chi connectivity index (χ0) is 12.3. The number of aliphatic hydroxyl groups is 1. The molecule has 2 N–H and O–H groups in total. The minimum absolute atomic E-state index is 0.243. The van der Waals surface area contributed by atoms with E-state index in [2.05, 4.69) is 48.8 Å². The van der Waals surface area contributed by atoms with Gasteiger partial charge < -0.3 is 10.4 Å². The van der Waals surface area contributed by atoms with Crippen molar-refractivity contribution in [3.63, 3.8) is 0 Å². The van der Waals surface area contributed by atoms with Gasteiger partial charge in [0, 0.05) is 34.5 Å². The molecule has 0 aliphatic carbocycles. The molecule has 2 aromatic rings. The van der Waals surface area contributed by atoms with Crippen molar-refractivity contribution in [3.8, 4) is 0 Å². The molecule has 1 heterocycles. The van der Waals surface area contributed by atoms with Crippen LogP contribution in [0, 0.1) is 11.8 Å². The fraction of sp³-hybridized carbons (Fsp3) is 0.429. The number of benzene rings is 1. The molecule has 0 spiro atoms. The lowest BCUT2D eigenvalue weighted by Gasteiger charge is -2.19. The normalized spacial score (nSPS) is 13.2. The SMILES string of the molecule is CC(C)C(CO)CNc1csc2ccccc12. The first-order chi connectivity index (χ1) is 8.22. The van der Waals surface area contributed by atoms with Gasteiger partial charge in [0.15, 0.2) is 0 Å². The molecular formula is C14H19NOS. The Kier molecular flexibility index (Phi) is 4.02. The number of fused-ring (bicyclic) bond motifs is 1. The summed E-state index contributed by atoms with van der Waals surface area (Å²) in [6.45, 7) is 5.37. The molecule has 1 aromatic heterocycles. The minimum atomic E-state index is 0.243. The van der Waals surface area contributed by atoms with Crippen LogP contribution < -0.4 is 5.32 Å². The number of hydrogen-bond donors (Lipinski definition) is 2. The third kappa shape index (κ3) is 2.79. The predicted octanol–water partition coefficient (Wildman–Crippen LogP) is 3.58. The Morgan fingerprint density at radius 2 is 2.06 bits per heavy atom. The minimum Gasteiger partial charge on any atom is -0.396 e. The Morgan fingerprint density at radius 1 is 1.29 bits per heavy atom. The van der Waals surface area contributed by atoms with Crippen LogP contribution in [0.1, 0.15) is 13.8 Å². The molecule has 1 atom stereocenters. The Balaban J connectivity index is 2.08. The molecule has 0 bridgehead atoms. The van der Waals surface area contributed by atoms with Crippen LogP contribution in [0.15, 0.2) is 29.6 Å². The first-order valence-electron chi connectivity index (χ1n) is 6.03. The van der Waals surface area contributed by atoms with Crippen LogP contribution in [0.4, 0.5) is 5.69 Å². The number of aliphatic hydroxyl groups excluding tert-OH is 1. The summed E-state index contributed by atoms with van der Waals surface area (Å²) in [6.07, 6.45) is 0. The Bertz CT molecular complexity index is 478. The highest BCUT2D eigenvalue weighted by Gasteiger charge is 2.12. The van der Waals surface area contributed by atoms with Crippen molar-refractivity contribution in [1.29, 1.82) is 0 Å². The molecule has 0 aliphatic rings. The molecule has 92 valence electrons. The van der Waals surface area contributed by atoms with Gasteiger partial charge in [-0.15, -0.1) is 11.3 Å². The average Bonchev–Trinajstić information content (AvgIpc) is 2.73. The predicted molar refractivity (Wildman–Crippen MR) is 75.7 cm³/mol. The lowest BCUT2D eigenvalue weighted by Crippen LogP contribution is -2.22. The van der Waals surface area contributed by atoms with Crippen LogP contribution in [-0.4, -0.2) is 18.3 Å². The maximum absolute atomic E-state index is 9.30. The van der Waals surface area contributed by atoms with Crippen molar-refractivity contribution >= 4 is 27.1 Å². The second-order valence-electron chi connectivity index (χ2n) is 4.71. The molecule has 0 aliphatic heterocycles. The van der Waals surface area contributed by atoms with Gasteiger partial charge in [0.1, 0.15) is 0 Å². The van der Waals surface area contributed by atoms with E-state index in [1.54, 1.807) is 11.3 Å². The van der Waals surface area contributed by atoms with Crippen molar-refractivity contribution in [2.24, 2.45) is 11.8 Å². The topological polar surface area (TPSA) is 32.3 Å². The Morgan fingerprint density at radius 3 is 2.76 bits per heavy atom. The second kappa shape index (κ2) is 5.52. The molecule has 0 fully saturated rings. The number of anilines is 1. The van der Waals surface area contributed by atoms with Crippen molar-refractivity contribution in [3.05, 3.63) is 29.6 Å². The Labute approximate surface area is 106 Å². The van der Waals surface area contributed by atoms with Crippen LogP contribution in [0.2, 0.25) is 0 Å². The molecule has 0 radical (unpaired) electrons. The number of nitrogens with one attached hydrogen (secondary N) is 1. The van der Waals surface area contributed by atoms with E-state index >= 15 is 0 Å². The molecule has 0 amide bonds. The lowest BCUT2D eigenvalue weighted by atomic mass is 9.97. The van der Waals surface area contributed by atoms with Gasteiger partial charge in [0.2, 0.25) is 0 Å². The number of hydrogen-bond acceptors (Lipinski definition) is 3. The van der Waals surface area contributed by atoms with Crippen molar-refractivity contribution in [1.82, 2.24) is 0 Å². The van der Waals surface area contributed by atoms with Gasteiger partial charge in [-0.1, -0.05) is 32.0 Å². The monoisotopic (exact) mass is 249 g/mol. The molecule has 1 unspecified atom stereocenters. The zero-order valence-electron chi connectivity index (χ0n) is 10.3. The van der Waals surface area contributed by atoms with E-state index in [0.717, 1.165) is 6.54 Å². The molecule has 17 heavy (non-hydrogen) atoms. The van der Waals surface area contributed by atoms with E-state index in [9.17, 15) is 5.11 Å². The fourth-order valence-corrected chi connectivity index (χ4v) is 2.78. The molecule has 3 heteroatoms. The summed E-state index contributed by atoms with van der Waals surface area (Å²) in [6, 6.07) is 8.40. The first-order valence-corrected chi connectivity index (χ1v) is 6.91. The quantitative estimate of drug-likeness (QED) is 0.849. The van der Waals surface area contributed by atoms with Crippen LogP contribution in [0.5, 0.6) is 0 Å².